The Labute approximate surface area is 115 Å². The molecule has 19 heavy (non-hydrogen) atoms. The largest absolute Gasteiger partial charge is 0.310 e. The quantitative estimate of drug-likeness (QED) is 0.892. The van der Waals surface area contributed by atoms with Crippen molar-refractivity contribution in [3.63, 3.8) is 0 Å². The van der Waals surface area contributed by atoms with Crippen LogP contribution in [0, 0.1) is 6.92 Å². The van der Waals surface area contributed by atoms with E-state index >= 15 is 0 Å². The zero-order valence-electron chi connectivity index (χ0n) is 11.5. The van der Waals surface area contributed by atoms with Crippen molar-refractivity contribution in [1.82, 2.24) is 14.6 Å². The summed E-state index contributed by atoms with van der Waals surface area (Å²) < 4.78 is 24.4. The number of nitrogens with zero attached hydrogens (tertiary/aromatic N) is 2. The monoisotopic (exact) mass is 283 g/mol. The molecule has 2 heterocycles. The molecule has 0 unspecified atom stereocenters. The Morgan fingerprint density at radius 3 is 2.68 bits per heavy atom. The van der Waals surface area contributed by atoms with E-state index in [2.05, 4.69) is 17.2 Å². The van der Waals surface area contributed by atoms with E-state index in [-0.39, 0.29) is 0 Å². The van der Waals surface area contributed by atoms with Gasteiger partial charge >= 0.3 is 0 Å². The van der Waals surface area contributed by atoms with Gasteiger partial charge in [0.2, 0.25) is 10.0 Å². The van der Waals surface area contributed by atoms with Gasteiger partial charge in [-0.3, -0.25) is 4.98 Å². The van der Waals surface area contributed by atoms with Gasteiger partial charge in [0.25, 0.3) is 0 Å². The number of hydrogen-bond acceptors (Lipinski definition) is 4. The number of rotatable bonds is 4. The fourth-order valence-electron chi connectivity index (χ4n) is 2.33. The fraction of sp³-hybridized carbons (Fsp3) is 0.615. The van der Waals surface area contributed by atoms with E-state index in [1.165, 1.54) is 17.4 Å². The highest BCUT2D eigenvalue weighted by atomic mass is 32.2. The second-order valence-corrected chi connectivity index (χ2v) is 7.10. The molecule has 0 aliphatic carbocycles. The van der Waals surface area contributed by atoms with Crippen LogP contribution in [0.2, 0.25) is 0 Å². The highest BCUT2D eigenvalue weighted by Gasteiger charge is 2.24. The molecule has 6 heteroatoms. The summed E-state index contributed by atoms with van der Waals surface area (Å²) in [6, 6.07) is 2.39. The van der Waals surface area contributed by atoms with Crippen LogP contribution < -0.4 is 5.32 Å². The van der Waals surface area contributed by atoms with Crippen LogP contribution in [-0.4, -0.2) is 43.1 Å². The highest BCUT2D eigenvalue weighted by molar-refractivity contribution is 7.88. The average Bonchev–Trinajstić information content (AvgIpc) is 2.37. The maximum atomic E-state index is 11.4. The van der Waals surface area contributed by atoms with Gasteiger partial charge in [-0.25, -0.2) is 12.7 Å². The zero-order chi connectivity index (χ0) is 13.9. The number of hydrogen-bond donors (Lipinski definition) is 1. The van der Waals surface area contributed by atoms with Gasteiger partial charge in [0, 0.05) is 38.1 Å². The van der Waals surface area contributed by atoms with E-state index in [4.69, 9.17) is 0 Å². The maximum absolute atomic E-state index is 11.4. The Kier molecular flexibility index (Phi) is 4.54. The van der Waals surface area contributed by atoms with Crippen molar-refractivity contribution in [1.29, 1.82) is 0 Å². The summed E-state index contributed by atoms with van der Waals surface area (Å²) >= 11 is 0. The van der Waals surface area contributed by atoms with Gasteiger partial charge < -0.3 is 5.32 Å². The van der Waals surface area contributed by atoms with E-state index in [1.54, 1.807) is 10.5 Å². The van der Waals surface area contributed by atoms with Gasteiger partial charge in [0.1, 0.15) is 0 Å². The Morgan fingerprint density at radius 2 is 2.11 bits per heavy atom. The fourth-order valence-corrected chi connectivity index (χ4v) is 3.20. The molecule has 5 nitrogen and oxygen atoms in total. The molecule has 0 spiro atoms. The van der Waals surface area contributed by atoms with E-state index in [0.29, 0.717) is 19.1 Å². The smallest absolute Gasteiger partial charge is 0.211 e. The Balaban J connectivity index is 1.82. The maximum Gasteiger partial charge on any atom is 0.211 e. The van der Waals surface area contributed by atoms with Gasteiger partial charge in [-0.15, -0.1) is 0 Å². The van der Waals surface area contributed by atoms with Crippen LogP contribution in [-0.2, 0) is 16.6 Å². The van der Waals surface area contributed by atoms with Crippen molar-refractivity contribution < 1.29 is 8.42 Å². The molecule has 0 saturated carbocycles. The molecule has 0 aromatic carbocycles. The lowest BCUT2D eigenvalue weighted by molar-refractivity contribution is 0.290. The van der Waals surface area contributed by atoms with Gasteiger partial charge in [-0.05, 0) is 37.0 Å². The molecule has 1 aliphatic heterocycles. The molecule has 0 amide bonds. The van der Waals surface area contributed by atoms with Crippen LogP contribution in [0.15, 0.2) is 18.5 Å². The lowest BCUT2D eigenvalue weighted by Crippen LogP contribution is -2.44. The molecular weight excluding hydrogens is 262 g/mol. The van der Waals surface area contributed by atoms with Crippen molar-refractivity contribution in [2.45, 2.75) is 32.4 Å². The van der Waals surface area contributed by atoms with Crippen LogP contribution >= 0.6 is 0 Å². The van der Waals surface area contributed by atoms with E-state index < -0.39 is 10.0 Å². The lowest BCUT2D eigenvalue weighted by Gasteiger charge is -2.30. The lowest BCUT2D eigenvalue weighted by atomic mass is 10.1. The molecular formula is C13H21N3O2S. The third-order valence-electron chi connectivity index (χ3n) is 3.65. The van der Waals surface area contributed by atoms with Gasteiger partial charge in [-0.2, -0.15) is 0 Å². The number of nitrogens with one attached hydrogen (secondary N) is 1. The van der Waals surface area contributed by atoms with E-state index in [1.807, 2.05) is 12.3 Å². The first-order valence-electron chi connectivity index (χ1n) is 6.55. The average molecular weight is 283 g/mol. The Morgan fingerprint density at radius 1 is 1.42 bits per heavy atom. The van der Waals surface area contributed by atoms with Crippen molar-refractivity contribution in [2.24, 2.45) is 0 Å². The van der Waals surface area contributed by atoms with Gasteiger partial charge in [0.15, 0.2) is 0 Å². The van der Waals surface area contributed by atoms with Gasteiger partial charge in [0.05, 0.1) is 6.26 Å². The minimum atomic E-state index is -3.03. The van der Waals surface area contributed by atoms with Crippen LogP contribution in [0.25, 0.3) is 0 Å². The number of aromatic nitrogens is 1. The molecule has 0 bridgehead atoms. The first kappa shape index (κ1) is 14.4. The zero-order valence-corrected chi connectivity index (χ0v) is 12.3. The number of aryl methyl sites for hydroxylation is 1. The molecule has 1 N–H and O–H groups in total. The molecule has 106 valence electrons. The standard InChI is InChI=1S/C13H21N3O2S/c1-11-3-6-14-9-12(11)10-15-13-4-7-16(8-5-13)19(2,17)18/h3,6,9,13,15H,4-5,7-8,10H2,1-2H3. The Bertz CT molecular complexity index is 522. The summed E-state index contributed by atoms with van der Waals surface area (Å²) in [5.41, 5.74) is 2.43. The number of piperidine rings is 1. The summed E-state index contributed by atoms with van der Waals surface area (Å²) in [4.78, 5) is 4.13. The van der Waals surface area contributed by atoms with Crippen molar-refractivity contribution in [3.8, 4) is 0 Å². The Hall–Kier alpha value is -0.980. The molecule has 1 aliphatic rings. The topological polar surface area (TPSA) is 62.3 Å². The minimum Gasteiger partial charge on any atom is -0.310 e. The third-order valence-corrected chi connectivity index (χ3v) is 4.95. The molecule has 0 radical (unpaired) electrons. The second kappa shape index (κ2) is 5.98. The first-order valence-corrected chi connectivity index (χ1v) is 8.39. The van der Waals surface area contributed by atoms with E-state index in [9.17, 15) is 8.42 Å². The molecule has 1 aromatic rings. The van der Waals surface area contributed by atoms with Crippen LogP contribution in [0.1, 0.15) is 24.0 Å². The van der Waals surface area contributed by atoms with Crippen molar-refractivity contribution >= 4 is 10.0 Å². The van der Waals surface area contributed by atoms with E-state index in [0.717, 1.165) is 19.4 Å². The number of sulfonamides is 1. The first-order chi connectivity index (χ1) is 8.97. The molecule has 0 atom stereocenters. The molecule has 1 fully saturated rings. The molecule has 1 saturated heterocycles. The summed E-state index contributed by atoms with van der Waals surface area (Å²) in [5.74, 6) is 0. The third kappa shape index (κ3) is 3.99. The van der Waals surface area contributed by atoms with Crippen molar-refractivity contribution in [2.75, 3.05) is 19.3 Å². The van der Waals surface area contributed by atoms with Crippen LogP contribution in [0.3, 0.4) is 0 Å². The predicted molar refractivity (Wildman–Crippen MR) is 75.3 cm³/mol. The molecule has 2 rings (SSSR count). The predicted octanol–water partition coefficient (Wildman–Crippen LogP) is 0.904. The molecule has 1 aromatic heterocycles. The second-order valence-electron chi connectivity index (χ2n) is 5.12. The SMILES string of the molecule is Cc1ccncc1CNC1CCN(S(C)(=O)=O)CC1. The summed E-state index contributed by atoms with van der Waals surface area (Å²) in [7, 11) is -3.03. The van der Waals surface area contributed by atoms with Gasteiger partial charge in [-0.1, -0.05) is 0 Å². The van der Waals surface area contributed by atoms with Crippen LogP contribution in [0.4, 0.5) is 0 Å². The summed E-state index contributed by atoms with van der Waals surface area (Å²) in [5, 5.41) is 3.49. The number of pyridine rings is 1. The van der Waals surface area contributed by atoms with Crippen molar-refractivity contribution in [3.05, 3.63) is 29.6 Å². The minimum absolute atomic E-state index is 0.387. The summed E-state index contributed by atoms with van der Waals surface area (Å²) in [6.45, 7) is 4.10. The highest BCUT2D eigenvalue weighted by Crippen LogP contribution is 2.14. The normalized spacial score (nSPS) is 18.6. The summed E-state index contributed by atoms with van der Waals surface area (Å²) in [6.07, 6.45) is 6.69. The van der Waals surface area contributed by atoms with Crippen LogP contribution in [0.5, 0.6) is 0 Å².